The van der Waals surface area contributed by atoms with Gasteiger partial charge in [0.25, 0.3) is 0 Å². The molecule has 3 N–H and O–H groups in total. The summed E-state index contributed by atoms with van der Waals surface area (Å²) in [4.78, 5) is 12.4. The molecule has 306 valence electrons. The lowest BCUT2D eigenvalue weighted by Crippen LogP contribution is -2.12. The van der Waals surface area contributed by atoms with Gasteiger partial charge in [-0.3, -0.25) is 0 Å². The van der Waals surface area contributed by atoms with Crippen molar-refractivity contribution >= 4 is 34.4 Å². The predicted octanol–water partition coefficient (Wildman–Crippen LogP) is 9.60. The molecule has 0 saturated carbocycles. The van der Waals surface area contributed by atoms with Crippen molar-refractivity contribution < 1.29 is 60.3 Å². The number of hydrogen-bond acceptors (Lipinski definition) is 10. The Hall–Kier alpha value is -6.24. The fourth-order valence-electron chi connectivity index (χ4n) is 4.41. The van der Waals surface area contributed by atoms with Crippen LogP contribution in [-0.4, -0.2) is 63.7 Å². The average Bonchev–Trinajstić information content (AvgIpc) is 3.80. The van der Waals surface area contributed by atoms with Crippen molar-refractivity contribution in [1.82, 2.24) is 0 Å². The van der Waals surface area contributed by atoms with Crippen molar-refractivity contribution in [2.75, 3.05) is 13.2 Å². The van der Waals surface area contributed by atoms with Crippen LogP contribution in [0.4, 0.5) is 35.1 Å². The molecule has 0 radical (unpaired) electrons. The second-order valence-electron chi connectivity index (χ2n) is 10.8. The molecule has 57 heavy (non-hydrogen) atoms. The van der Waals surface area contributed by atoms with Gasteiger partial charge in [0.1, 0.15) is 52.6 Å². The Morgan fingerprint density at radius 1 is 0.684 bits per heavy atom. The van der Waals surface area contributed by atoms with E-state index in [1.807, 2.05) is 0 Å². The maximum atomic E-state index is 13.0. The van der Waals surface area contributed by atoms with Gasteiger partial charge in [0.15, 0.2) is 11.3 Å². The van der Waals surface area contributed by atoms with Gasteiger partial charge in [-0.1, -0.05) is 52.2 Å². The van der Waals surface area contributed by atoms with E-state index in [4.69, 9.17) is 42.3 Å². The number of azide groups is 1. The van der Waals surface area contributed by atoms with Gasteiger partial charge in [0, 0.05) is 64.3 Å². The summed E-state index contributed by atoms with van der Waals surface area (Å²) in [6.07, 6.45) is 0.895. The van der Waals surface area contributed by atoms with E-state index >= 15 is 0 Å². The molecule has 0 aliphatic carbocycles. The number of benzene rings is 4. The molecule has 2 heterocycles. The highest BCUT2D eigenvalue weighted by atomic mass is 35.5. The Kier molecular flexibility index (Phi) is 20.8. The summed E-state index contributed by atoms with van der Waals surface area (Å²) in [6, 6.07) is 11.8. The third-order valence-electron chi connectivity index (χ3n) is 6.69. The lowest BCUT2D eigenvalue weighted by molar-refractivity contribution is 0.0390. The summed E-state index contributed by atoms with van der Waals surface area (Å²) in [5.74, 6) is -5.57. The van der Waals surface area contributed by atoms with Crippen LogP contribution in [0.2, 0.25) is 0 Å². The maximum absolute atomic E-state index is 13.0. The molecule has 6 rings (SSSR count). The van der Waals surface area contributed by atoms with Crippen LogP contribution in [0, 0.1) is 46.5 Å². The van der Waals surface area contributed by atoms with Gasteiger partial charge < -0.3 is 25.2 Å². The zero-order chi connectivity index (χ0) is 40.5. The van der Waals surface area contributed by atoms with Crippen molar-refractivity contribution in [1.29, 1.82) is 0 Å². The molecule has 2 aliphatic rings. The Bertz CT molecular complexity index is 2040. The molecule has 4 aromatic carbocycles. The minimum Gasteiger partial charge on any atom is -0.411 e. The van der Waals surface area contributed by atoms with E-state index < -0.39 is 52.6 Å². The van der Waals surface area contributed by atoms with Crippen LogP contribution in [-0.2, 0) is 9.68 Å². The van der Waals surface area contributed by atoms with E-state index in [0.717, 1.165) is 48.7 Å². The Morgan fingerprint density at radius 3 is 1.44 bits per heavy atom. The van der Waals surface area contributed by atoms with E-state index in [1.54, 1.807) is 0 Å². The summed E-state index contributed by atoms with van der Waals surface area (Å²) >= 11 is 5.30. The third-order valence-corrected chi connectivity index (χ3v) is 6.98. The quantitative estimate of drug-likeness (QED) is 0.0319. The van der Waals surface area contributed by atoms with E-state index in [0.29, 0.717) is 41.5 Å². The van der Waals surface area contributed by atoms with Gasteiger partial charge in [0.05, 0.1) is 30.8 Å². The molecular weight excluding hydrogens is 798 g/mol. The molecule has 21 heteroatoms. The smallest absolute Gasteiger partial charge is 0.175 e. The fraction of sp³-hybridized carbons (Fsp3) is 0.222. The molecule has 0 saturated heterocycles. The normalized spacial score (nSPS) is 15.2. The van der Waals surface area contributed by atoms with Gasteiger partial charge in [-0.05, 0) is 54.1 Å². The van der Waals surface area contributed by atoms with Gasteiger partial charge in [-0.25, -0.2) is 35.1 Å². The van der Waals surface area contributed by atoms with Crippen LogP contribution in [0.1, 0.15) is 49.9 Å². The maximum Gasteiger partial charge on any atom is 0.175 e. The molecule has 4 aromatic rings. The van der Waals surface area contributed by atoms with E-state index in [9.17, 15) is 35.1 Å². The number of aliphatic hydroxyl groups is 1. The SMILES string of the molecule is C.C.O/N=C(/Cl)c1cc(F)cc(F)c1.O/N=C\c1cc(F)cc(F)c1.OC[C@H]1CC(c2cc(F)cc(F)c2)=NO1.[N-]=[N+]=NC[C@H]1CC(c2cc(F)cc(F)c2)=NO1. The van der Waals surface area contributed by atoms with Crippen molar-refractivity contribution in [3.05, 3.63) is 152 Å². The molecule has 0 fully saturated rings. The summed E-state index contributed by atoms with van der Waals surface area (Å²) in [7, 11) is 0. The first-order valence-electron chi connectivity index (χ1n) is 15.2. The zero-order valence-electron chi connectivity index (χ0n) is 27.7. The van der Waals surface area contributed by atoms with Gasteiger partial charge >= 0.3 is 0 Å². The van der Waals surface area contributed by atoms with E-state index in [-0.39, 0.29) is 50.4 Å². The number of rotatable bonds is 7. The van der Waals surface area contributed by atoms with Gasteiger partial charge in [-0.15, -0.1) is 0 Å². The van der Waals surface area contributed by atoms with Crippen molar-refractivity contribution in [3.8, 4) is 0 Å². The summed E-state index contributed by atoms with van der Waals surface area (Å²) in [5.41, 5.74) is 9.92. The number of hydrogen-bond donors (Lipinski definition) is 3. The van der Waals surface area contributed by atoms with Crippen molar-refractivity contribution in [3.63, 3.8) is 0 Å². The van der Waals surface area contributed by atoms with E-state index in [2.05, 4.69) is 30.6 Å². The topological polar surface area (TPSA) is 177 Å². The first kappa shape index (κ1) is 48.8. The summed E-state index contributed by atoms with van der Waals surface area (Å²) in [5, 5.41) is 40.6. The van der Waals surface area contributed by atoms with Gasteiger partial charge in [0.2, 0.25) is 0 Å². The monoisotopic (exact) mass is 831 g/mol. The van der Waals surface area contributed by atoms with E-state index in [1.165, 1.54) is 24.3 Å². The zero-order valence-corrected chi connectivity index (χ0v) is 28.4. The average molecular weight is 832 g/mol. The Labute approximate surface area is 325 Å². The Morgan fingerprint density at radius 2 is 1.07 bits per heavy atom. The highest BCUT2D eigenvalue weighted by Crippen LogP contribution is 2.20. The third kappa shape index (κ3) is 16.6. The van der Waals surface area contributed by atoms with Crippen molar-refractivity contribution in [2.45, 2.75) is 39.9 Å². The molecule has 12 nitrogen and oxygen atoms in total. The molecule has 2 atom stereocenters. The van der Waals surface area contributed by atoms with Crippen LogP contribution >= 0.6 is 11.6 Å². The molecule has 0 unspecified atom stereocenters. The summed E-state index contributed by atoms with van der Waals surface area (Å²) < 4.78 is 101. The van der Waals surface area contributed by atoms with Gasteiger partial charge in [-0.2, -0.15) is 0 Å². The highest BCUT2D eigenvalue weighted by Gasteiger charge is 2.23. The molecule has 0 bridgehead atoms. The second kappa shape index (κ2) is 24.3. The first-order chi connectivity index (χ1) is 26.2. The molecular formula is C36H34ClF8N7O5. The van der Waals surface area contributed by atoms with Crippen LogP contribution in [0.5, 0.6) is 0 Å². The summed E-state index contributed by atoms with van der Waals surface area (Å²) in [6.45, 7) is -0.0217. The molecule has 0 aromatic heterocycles. The standard InChI is InChI=1S/C10H8F2N4O.C10H9F2NO2.C7H4ClF2NO.C7H5F2NO.2CH4/c11-7-1-6(2-8(12)3-7)10-4-9(17-15-10)5-14-16-13;11-7-1-6(2-8(12)3-7)10-4-9(5-14)15-13-10;8-7(11-12)4-1-5(9)3-6(10)2-4;8-6-1-5(4-10-11)2-7(9)3-6;;/h1-3,9H,4-5H2;1-3,9,14H,4-5H2;1-3,12H;1-4,11H;2*1H4/b;;11-7+;10-4-;;/t2*9-;;;;/m11..../s1. The predicted molar refractivity (Wildman–Crippen MR) is 196 cm³/mol. The van der Waals surface area contributed by atoms with Crippen LogP contribution in [0.15, 0.2) is 98.5 Å². The fourth-order valence-corrected chi connectivity index (χ4v) is 4.52. The minimum atomic E-state index is -0.771. The number of aliphatic hydroxyl groups excluding tert-OH is 1. The first-order valence-corrected chi connectivity index (χ1v) is 15.6. The number of oxime groups is 4. The van der Waals surface area contributed by atoms with Crippen molar-refractivity contribution in [2.24, 2.45) is 25.7 Å². The number of halogens is 9. The Balaban J connectivity index is 0.000000381. The lowest BCUT2D eigenvalue weighted by atomic mass is 10.0. The molecule has 0 amide bonds. The highest BCUT2D eigenvalue weighted by molar-refractivity contribution is 6.69. The lowest BCUT2D eigenvalue weighted by Gasteiger charge is -2.02. The number of nitrogens with zero attached hydrogens (tertiary/aromatic N) is 7. The van der Waals surface area contributed by atoms with Crippen LogP contribution in [0.25, 0.3) is 10.4 Å². The molecule has 2 aliphatic heterocycles. The second-order valence-corrected chi connectivity index (χ2v) is 11.2. The largest absolute Gasteiger partial charge is 0.411 e. The van der Waals surface area contributed by atoms with Crippen LogP contribution < -0.4 is 0 Å². The van der Waals surface area contributed by atoms with Crippen LogP contribution in [0.3, 0.4) is 0 Å². The minimum absolute atomic E-state index is 0. The molecule has 0 spiro atoms.